The Morgan fingerprint density at radius 2 is 0.967 bits per heavy atom. The minimum atomic E-state index is -3.93. The van der Waals surface area contributed by atoms with E-state index in [1.54, 1.807) is 0 Å². The molecule has 0 atom stereocenters. The summed E-state index contributed by atoms with van der Waals surface area (Å²) in [7, 11) is 0. The summed E-state index contributed by atoms with van der Waals surface area (Å²) in [4.78, 5) is 0. The van der Waals surface area contributed by atoms with E-state index in [0.717, 1.165) is 24.7 Å². The van der Waals surface area contributed by atoms with Crippen molar-refractivity contribution >= 4 is 29.7 Å². The van der Waals surface area contributed by atoms with Crippen molar-refractivity contribution < 1.29 is 61.3 Å². The molecule has 322 valence electrons. The monoisotopic (exact) mass is 954 g/mol. The summed E-state index contributed by atoms with van der Waals surface area (Å²) in [6, 6.07) is 31.6. The van der Waals surface area contributed by atoms with Crippen molar-refractivity contribution in [1.29, 1.82) is 0 Å². The van der Waals surface area contributed by atoms with Crippen molar-refractivity contribution in [3.05, 3.63) is 140 Å². The molecule has 0 bridgehead atoms. The summed E-state index contributed by atoms with van der Waals surface area (Å²) in [5.41, 5.74) is 10.1. The number of aryl methyl sites for hydroxylation is 2. The Balaban J connectivity index is 0.000000219. The van der Waals surface area contributed by atoms with Gasteiger partial charge in [0.05, 0.1) is 0 Å². The van der Waals surface area contributed by atoms with Crippen molar-refractivity contribution in [2.75, 3.05) is 0 Å². The molecular weight excluding hydrogens is 896 g/mol. The molecule has 0 amide bonds. The fraction of sp³-hybridized carbons (Fsp3) is 0.407. The number of fused-ring (bicyclic) bond motifs is 2. The van der Waals surface area contributed by atoms with E-state index < -0.39 is 18.0 Å². The Labute approximate surface area is 391 Å². The smallest absolute Gasteiger partial charge is 1.00 e. The molecule has 4 aliphatic carbocycles. The summed E-state index contributed by atoms with van der Waals surface area (Å²) < 4.78 is 34.3. The molecule has 4 aromatic carbocycles. The molecule has 0 heterocycles. The maximum absolute atomic E-state index is 11.4. The predicted octanol–water partition coefficient (Wildman–Crippen LogP) is 6.64. The number of rotatable bonds is 8. The summed E-state index contributed by atoms with van der Waals surface area (Å²) in [6.45, 7) is 6.34. The minimum absolute atomic E-state index is 0. The quantitative estimate of drug-likeness (QED) is 0.106. The van der Waals surface area contributed by atoms with Crippen LogP contribution in [0.15, 0.2) is 108 Å². The van der Waals surface area contributed by atoms with Gasteiger partial charge in [0.2, 0.25) is 0 Å². The number of hydrogen-bond acceptors (Lipinski definition) is 0. The average Bonchev–Trinajstić information content (AvgIpc) is 3.63. The van der Waals surface area contributed by atoms with Gasteiger partial charge in [0.15, 0.2) is 0 Å². The Morgan fingerprint density at radius 1 is 0.590 bits per heavy atom. The van der Waals surface area contributed by atoms with Crippen LogP contribution in [-0.2, 0) is 36.2 Å². The fourth-order valence-electron chi connectivity index (χ4n) is 8.67. The molecule has 4 aliphatic rings. The van der Waals surface area contributed by atoms with Gasteiger partial charge >= 0.3 is 67.1 Å². The minimum Gasteiger partial charge on any atom is -1.00 e. The third-order valence-electron chi connectivity index (χ3n) is 12.1. The largest absolute Gasteiger partial charge is 1.00 e. The number of alkyl halides is 3. The van der Waals surface area contributed by atoms with Gasteiger partial charge in [0, 0.05) is 0 Å². The van der Waals surface area contributed by atoms with E-state index in [-0.39, 0.29) is 24.8 Å². The zero-order chi connectivity index (χ0) is 41.6. The molecule has 2 fully saturated rings. The van der Waals surface area contributed by atoms with Crippen molar-refractivity contribution in [3.63, 3.8) is 0 Å². The molecule has 0 aromatic heterocycles. The molecule has 2 saturated carbocycles. The number of benzene rings is 4. The van der Waals surface area contributed by atoms with Crippen LogP contribution in [0.3, 0.4) is 0 Å². The maximum atomic E-state index is 11.4. The second-order valence-electron chi connectivity index (χ2n) is 16.8. The first-order chi connectivity index (χ1) is 28.6. The van der Waals surface area contributed by atoms with Crippen molar-refractivity contribution in [2.45, 2.75) is 129 Å². The molecule has 0 nitrogen and oxygen atoms in total. The maximum Gasteiger partial charge on any atom is -1.00 e. The molecule has 8 rings (SSSR count). The van der Waals surface area contributed by atoms with Gasteiger partial charge in [0.25, 0.3) is 0 Å². The summed E-state index contributed by atoms with van der Waals surface area (Å²) in [5.74, 6) is 1.48. The Bertz CT molecular complexity index is 2170. The van der Waals surface area contributed by atoms with Crippen LogP contribution in [0, 0.1) is 11.8 Å². The topological polar surface area (TPSA) is 0 Å². The zero-order valence-electron chi connectivity index (χ0n) is 36.3. The van der Waals surface area contributed by atoms with E-state index in [1.165, 1.54) is 166 Å². The molecular formula is C54H61Cl2F3SiZr-2. The standard InChI is InChI=1S/2C25H27.C4H7F3Si.2ClH.Zr/c2*1-2-19-12-14-22(15-13-19)24-11-7-10-23-17-21(18-25(23)24)16-20-8-5-3-4-6-9-20;1-8-3-2-4(5,6)7;;;/h2*7,10-16,18,20H,2-6,8-9H2,1H3;2-3H2,1H3;2*1H;/q2*-1;;;;+2/p-2. The van der Waals surface area contributed by atoms with Gasteiger partial charge in [-0.3, -0.25) is 0 Å². The zero-order valence-corrected chi connectivity index (χ0v) is 41.2. The first-order valence-corrected chi connectivity index (χ1v) is 28.2. The Morgan fingerprint density at radius 3 is 1.28 bits per heavy atom. The van der Waals surface area contributed by atoms with E-state index in [1.807, 2.05) is 6.55 Å². The van der Waals surface area contributed by atoms with E-state index in [2.05, 4.69) is 135 Å². The van der Waals surface area contributed by atoms with Gasteiger partial charge in [-0.25, -0.2) is 0 Å². The third-order valence-corrected chi connectivity index (χ3v) is 15.0. The second kappa shape index (κ2) is 25.6. The van der Waals surface area contributed by atoms with Crippen molar-refractivity contribution in [2.24, 2.45) is 11.8 Å². The van der Waals surface area contributed by atoms with Gasteiger partial charge < -0.3 is 24.8 Å². The van der Waals surface area contributed by atoms with Gasteiger partial charge in [-0.15, -0.1) is 80.6 Å². The molecule has 7 heteroatoms. The van der Waals surface area contributed by atoms with Crippen LogP contribution in [0.4, 0.5) is 13.2 Å². The molecule has 0 aliphatic heterocycles. The summed E-state index contributed by atoms with van der Waals surface area (Å²) in [5, 5.41) is 5.17. The van der Waals surface area contributed by atoms with Crippen LogP contribution in [-0.4, -0.2) is 11.6 Å². The van der Waals surface area contributed by atoms with Crippen molar-refractivity contribution in [1.82, 2.24) is 0 Å². The predicted molar refractivity (Wildman–Crippen MR) is 242 cm³/mol. The average molecular weight is 957 g/mol. The number of allylic oxidation sites excluding steroid dienone is 4. The van der Waals surface area contributed by atoms with E-state index in [4.69, 9.17) is 0 Å². The van der Waals surface area contributed by atoms with Crippen LogP contribution < -0.4 is 45.7 Å². The van der Waals surface area contributed by atoms with Crippen LogP contribution in [0.5, 0.6) is 0 Å². The second-order valence-corrected chi connectivity index (χ2v) is 25.2. The van der Waals surface area contributed by atoms with Gasteiger partial charge in [-0.2, -0.15) is 0 Å². The first kappa shape index (κ1) is 50.9. The summed E-state index contributed by atoms with van der Waals surface area (Å²) in [6.07, 6.45) is 31.2. The molecule has 0 unspecified atom stereocenters. The first-order valence-electron chi connectivity index (χ1n) is 22.3. The molecule has 0 N–H and O–H groups in total. The number of halogens is 5. The molecule has 61 heavy (non-hydrogen) atoms. The molecule has 0 radical (unpaired) electrons. The van der Waals surface area contributed by atoms with Crippen LogP contribution in [0.1, 0.15) is 108 Å². The number of hydrogen-bond donors (Lipinski definition) is 0. The van der Waals surface area contributed by atoms with Gasteiger partial charge in [-0.1, -0.05) is 175 Å². The van der Waals surface area contributed by atoms with Gasteiger partial charge in [0.1, 0.15) is 0 Å². The van der Waals surface area contributed by atoms with Gasteiger partial charge in [-0.05, 0) is 46.9 Å². The Hall–Kier alpha value is -2.69. The SMILES string of the molecule is CCc1ccc(-c2cccc3c2=CC(=CC2CCCCCC2)[C-]=3)cc1.CCc1ccc(-c2cccc3c2=CC(=CC2CCCCCC2)[C-]=3)cc1.C[Si](=[Zr+2])CCC(F)(F)F.[Cl-].[Cl-]. The van der Waals surface area contributed by atoms with E-state index >= 15 is 0 Å². The normalized spacial score (nSPS) is 17.4. The van der Waals surface area contributed by atoms with E-state index in [9.17, 15) is 13.2 Å². The third kappa shape index (κ3) is 15.8. The molecule has 0 saturated heterocycles. The van der Waals surface area contributed by atoms with E-state index in [0.29, 0.717) is 6.04 Å². The Kier molecular flexibility index (Phi) is 21.4. The molecule has 4 aromatic rings. The fourth-order valence-corrected chi connectivity index (χ4v) is 10.2. The van der Waals surface area contributed by atoms with Crippen LogP contribution in [0.25, 0.3) is 46.6 Å². The van der Waals surface area contributed by atoms with Crippen LogP contribution in [0.2, 0.25) is 12.6 Å². The summed E-state index contributed by atoms with van der Waals surface area (Å²) >= 11 is 1.29. The van der Waals surface area contributed by atoms with Crippen molar-refractivity contribution in [3.8, 4) is 22.3 Å². The van der Waals surface area contributed by atoms with Crippen LogP contribution >= 0.6 is 0 Å². The molecule has 0 spiro atoms.